The molecule has 0 saturated carbocycles. The molecule has 3 N–H and O–H groups in total. The largest absolute Gasteiger partial charge is 0.462 e. The number of nitrogen functional groups attached to an aromatic ring is 1. The molecule has 3 aromatic rings. The number of amides is 1. The van der Waals surface area contributed by atoms with Crippen molar-refractivity contribution in [2.24, 2.45) is 0 Å². The smallest absolute Gasteiger partial charge is 0.338 e. The number of aromatic nitrogens is 5. The van der Waals surface area contributed by atoms with Crippen molar-refractivity contribution >= 4 is 29.3 Å². The van der Waals surface area contributed by atoms with Crippen molar-refractivity contribution in [2.45, 2.75) is 38.8 Å². The lowest BCUT2D eigenvalue weighted by atomic mass is 10.2. The fourth-order valence-electron chi connectivity index (χ4n) is 2.75. The van der Waals surface area contributed by atoms with Gasteiger partial charge in [0.15, 0.2) is 0 Å². The highest BCUT2D eigenvalue weighted by Gasteiger charge is 2.16. The molecule has 2 heterocycles. The first-order valence-electron chi connectivity index (χ1n) is 9.83. The van der Waals surface area contributed by atoms with Crippen molar-refractivity contribution < 1.29 is 14.3 Å². The zero-order valence-corrected chi connectivity index (χ0v) is 18.5. The molecule has 0 radical (unpaired) electrons. The second-order valence-corrected chi connectivity index (χ2v) is 7.84. The Kier molecular flexibility index (Phi) is 7.29. The summed E-state index contributed by atoms with van der Waals surface area (Å²) >= 11 is 1.16. The molecule has 11 heteroatoms. The standard InChI is InChI=1S/C20H25N7O3S/c1-4-5-10-30-18(29)15-6-8-16(9-7-15)22-17(28)12-31-20-24-23-19(26(20)21)27-14(3)11-13(2)25-27/h6-9,11H,4-5,10,12,21H2,1-3H3,(H,22,28). The molecule has 1 aromatic carbocycles. The van der Waals surface area contributed by atoms with Gasteiger partial charge in [-0.1, -0.05) is 25.1 Å². The van der Waals surface area contributed by atoms with Crippen LogP contribution in [0.5, 0.6) is 0 Å². The number of rotatable bonds is 9. The number of hydrogen-bond acceptors (Lipinski definition) is 8. The Bertz CT molecular complexity index is 1060. The van der Waals surface area contributed by atoms with Crippen LogP contribution in [0.3, 0.4) is 0 Å². The molecule has 0 aliphatic carbocycles. The minimum absolute atomic E-state index is 0.0905. The van der Waals surface area contributed by atoms with Crippen molar-refractivity contribution in [3.63, 3.8) is 0 Å². The first-order valence-corrected chi connectivity index (χ1v) is 10.8. The molecule has 0 aliphatic rings. The van der Waals surface area contributed by atoms with Gasteiger partial charge in [0.05, 0.1) is 23.6 Å². The summed E-state index contributed by atoms with van der Waals surface area (Å²) < 4.78 is 8.07. The van der Waals surface area contributed by atoms with Crippen molar-refractivity contribution in [1.82, 2.24) is 24.7 Å². The minimum atomic E-state index is -0.373. The second kappa shape index (κ2) is 10.1. The summed E-state index contributed by atoms with van der Waals surface area (Å²) in [6.45, 7) is 6.20. The second-order valence-electron chi connectivity index (χ2n) is 6.90. The van der Waals surface area contributed by atoms with E-state index in [1.54, 1.807) is 28.9 Å². The van der Waals surface area contributed by atoms with Gasteiger partial charge < -0.3 is 15.9 Å². The minimum Gasteiger partial charge on any atom is -0.462 e. The lowest BCUT2D eigenvalue weighted by Crippen LogP contribution is -2.18. The Morgan fingerprint density at radius 3 is 2.58 bits per heavy atom. The molecule has 0 fully saturated rings. The molecule has 0 atom stereocenters. The molecule has 164 valence electrons. The van der Waals surface area contributed by atoms with Gasteiger partial charge in [0.2, 0.25) is 11.1 Å². The highest BCUT2D eigenvalue weighted by Crippen LogP contribution is 2.18. The fourth-order valence-corrected chi connectivity index (χ4v) is 3.40. The van der Waals surface area contributed by atoms with E-state index < -0.39 is 0 Å². The van der Waals surface area contributed by atoms with E-state index in [-0.39, 0.29) is 17.6 Å². The van der Waals surface area contributed by atoms with E-state index >= 15 is 0 Å². The van der Waals surface area contributed by atoms with E-state index in [0.29, 0.717) is 29.0 Å². The van der Waals surface area contributed by atoms with E-state index in [4.69, 9.17) is 10.6 Å². The first-order chi connectivity index (χ1) is 14.9. The third-order valence-corrected chi connectivity index (χ3v) is 5.26. The van der Waals surface area contributed by atoms with Crippen LogP contribution in [0.1, 0.15) is 41.5 Å². The summed E-state index contributed by atoms with van der Waals surface area (Å²) in [7, 11) is 0. The third-order valence-electron chi connectivity index (χ3n) is 4.31. The Morgan fingerprint density at radius 1 is 1.19 bits per heavy atom. The Labute approximate surface area is 184 Å². The van der Waals surface area contributed by atoms with Gasteiger partial charge in [0.1, 0.15) is 0 Å². The molecular formula is C20H25N7O3S. The number of ether oxygens (including phenoxy) is 1. The monoisotopic (exact) mass is 443 g/mol. The maximum absolute atomic E-state index is 12.3. The van der Waals surface area contributed by atoms with Gasteiger partial charge in [-0.3, -0.25) is 4.79 Å². The van der Waals surface area contributed by atoms with Gasteiger partial charge in [-0.15, -0.1) is 10.2 Å². The maximum atomic E-state index is 12.3. The molecule has 1 amide bonds. The van der Waals surface area contributed by atoms with Gasteiger partial charge in [-0.05, 0) is 50.6 Å². The molecular weight excluding hydrogens is 418 g/mol. The zero-order chi connectivity index (χ0) is 22.4. The summed E-state index contributed by atoms with van der Waals surface area (Å²) in [6.07, 6.45) is 1.79. The summed E-state index contributed by atoms with van der Waals surface area (Å²) in [4.78, 5) is 24.2. The summed E-state index contributed by atoms with van der Waals surface area (Å²) in [6, 6.07) is 8.46. The highest BCUT2D eigenvalue weighted by atomic mass is 32.2. The number of hydrogen-bond donors (Lipinski definition) is 2. The molecule has 0 unspecified atom stereocenters. The normalized spacial score (nSPS) is 10.8. The van der Waals surface area contributed by atoms with Crippen LogP contribution in [0.25, 0.3) is 5.95 Å². The number of benzene rings is 1. The predicted molar refractivity (Wildman–Crippen MR) is 118 cm³/mol. The summed E-state index contributed by atoms with van der Waals surface area (Å²) in [5.41, 5.74) is 2.74. The highest BCUT2D eigenvalue weighted by molar-refractivity contribution is 7.99. The van der Waals surface area contributed by atoms with Crippen molar-refractivity contribution in [2.75, 3.05) is 23.5 Å². The third kappa shape index (κ3) is 5.63. The molecule has 3 rings (SSSR count). The van der Waals surface area contributed by atoms with Crippen LogP contribution in [-0.4, -0.2) is 48.9 Å². The number of carbonyl (C=O) groups is 2. The van der Waals surface area contributed by atoms with Crippen LogP contribution in [0, 0.1) is 13.8 Å². The Hall–Kier alpha value is -3.34. The number of aryl methyl sites for hydroxylation is 2. The first kappa shape index (κ1) is 22.3. The fraction of sp³-hybridized carbons (Fsp3) is 0.350. The quantitative estimate of drug-likeness (QED) is 0.223. The van der Waals surface area contributed by atoms with E-state index in [1.165, 1.54) is 4.68 Å². The van der Waals surface area contributed by atoms with Gasteiger partial charge in [-0.2, -0.15) is 5.10 Å². The van der Waals surface area contributed by atoms with E-state index in [0.717, 1.165) is 36.0 Å². The molecule has 31 heavy (non-hydrogen) atoms. The number of nitrogens with one attached hydrogen (secondary N) is 1. The number of unbranched alkanes of at least 4 members (excludes halogenated alkanes) is 1. The average molecular weight is 444 g/mol. The van der Waals surface area contributed by atoms with Gasteiger partial charge >= 0.3 is 5.97 Å². The average Bonchev–Trinajstić information content (AvgIpc) is 3.27. The van der Waals surface area contributed by atoms with Crippen LogP contribution in [0.4, 0.5) is 5.69 Å². The predicted octanol–water partition coefficient (Wildman–Crippen LogP) is 2.48. The number of carbonyl (C=O) groups excluding carboxylic acids is 2. The lowest BCUT2D eigenvalue weighted by molar-refractivity contribution is -0.113. The molecule has 0 saturated heterocycles. The van der Waals surface area contributed by atoms with Gasteiger partial charge in [0, 0.05) is 11.4 Å². The molecule has 0 aliphatic heterocycles. The summed E-state index contributed by atoms with van der Waals surface area (Å²) in [5, 5.41) is 15.6. The SMILES string of the molecule is CCCCOC(=O)c1ccc(NC(=O)CSc2nnc(-n3nc(C)cc3C)n2N)cc1. The Morgan fingerprint density at radius 2 is 1.94 bits per heavy atom. The van der Waals surface area contributed by atoms with Crippen LogP contribution in [0.2, 0.25) is 0 Å². The molecule has 0 spiro atoms. The van der Waals surface area contributed by atoms with Crippen LogP contribution in [-0.2, 0) is 9.53 Å². The van der Waals surface area contributed by atoms with E-state index in [1.807, 2.05) is 26.8 Å². The van der Waals surface area contributed by atoms with Crippen LogP contribution in [0.15, 0.2) is 35.5 Å². The molecule has 2 aromatic heterocycles. The van der Waals surface area contributed by atoms with E-state index in [9.17, 15) is 9.59 Å². The zero-order valence-electron chi connectivity index (χ0n) is 17.7. The number of thioether (sulfide) groups is 1. The molecule has 10 nitrogen and oxygen atoms in total. The number of esters is 1. The lowest BCUT2D eigenvalue weighted by Gasteiger charge is -2.07. The molecule has 0 bridgehead atoms. The maximum Gasteiger partial charge on any atom is 0.338 e. The van der Waals surface area contributed by atoms with Crippen LogP contribution >= 0.6 is 11.8 Å². The number of nitrogens with zero attached hydrogens (tertiary/aromatic N) is 5. The van der Waals surface area contributed by atoms with Crippen molar-refractivity contribution in [1.29, 1.82) is 0 Å². The Balaban J connectivity index is 1.54. The van der Waals surface area contributed by atoms with Crippen LogP contribution < -0.4 is 11.2 Å². The summed E-state index contributed by atoms with van der Waals surface area (Å²) in [5.74, 6) is 5.93. The van der Waals surface area contributed by atoms with Gasteiger partial charge in [0.25, 0.3) is 5.95 Å². The topological polar surface area (TPSA) is 130 Å². The van der Waals surface area contributed by atoms with Crippen molar-refractivity contribution in [3.8, 4) is 5.95 Å². The van der Waals surface area contributed by atoms with E-state index in [2.05, 4.69) is 20.6 Å². The number of nitrogens with two attached hydrogens (primary N) is 1. The van der Waals surface area contributed by atoms with Crippen molar-refractivity contribution in [3.05, 3.63) is 47.3 Å². The number of anilines is 1. The van der Waals surface area contributed by atoms with Gasteiger partial charge in [-0.25, -0.2) is 14.2 Å².